The molecule has 1 N–H and O–H groups in total. The fourth-order valence-corrected chi connectivity index (χ4v) is 3.37. The zero-order valence-electron chi connectivity index (χ0n) is 16.0. The van der Waals surface area contributed by atoms with E-state index in [0.717, 1.165) is 27.2 Å². The summed E-state index contributed by atoms with van der Waals surface area (Å²) in [7, 11) is 1.32. The molecule has 1 amide bonds. The van der Waals surface area contributed by atoms with Crippen LogP contribution in [0.25, 0.3) is 21.7 Å². The molecule has 4 aromatic rings. The Morgan fingerprint density at radius 3 is 2.45 bits per heavy atom. The fraction of sp³-hybridized carbons (Fsp3) is 0.125. The number of pyridine rings is 1. The van der Waals surface area contributed by atoms with Gasteiger partial charge >= 0.3 is 5.97 Å². The van der Waals surface area contributed by atoms with E-state index >= 15 is 0 Å². The lowest BCUT2D eigenvalue weighted by molar-refractivity contribution is -0.142. The van der Waals surface area contributed by atoms with Crippen LogP contribution in [0.2, 0.25) is 0 Å². The average Bonchev–Trinajstić information content (AvgIpc) is 2.77. The van der Waals surface area contributed by atoms with Crippen LogP contribution in [0, 0.1) is 0 Å². The molecule has 1 aromatic heterocycles. The van der Waals surface area contributed by atoms with E-state index in [9.17, 15) is 9.59 Å². The van der Waals surface area contributed by atoms with Crippen molar-refractivity contribution in [2.75, 3.05) is 7.11 Å². The molecule has 0 bridgehead atoms. The number of nitrogens with zero attached hydrogens (tertiary/aromatic N) is 1. The number of methoxy groups -OCH3 is 1. The summed E-state index contributed by atoms with van der Waals surface area (Å²) in [5, 5.41) is 5.86. The molecule has 0 saturated carbocycles. The highest BCUT2D eigenvalue weighted by Crippen LogP contribution is 2.17. The summed E-state index contributed by atoms with van der Waals surface area (Å²) < 4.78 is 4.91. The van der Waals surface area contributed by atoms with Gasteiger partial charge in [-0.05, 0) is 28.5 Å². The topological polar surface area (TPSA) is 68.3 Å². The highest BCUT2D eigenvalue weighted by molar-refractivity contribution is 5.99. The molecule has 0 saturated heterocycles. The number of hydrogen-bond acceptors (Lipinski definition) is 4. The Bertz CT molecular complexity index is 1200. The first kappa shape index (κ1) is 18.6. The third-order valence-corrected chi connectivity index (χ3v) is 4.90. The predicted octanol–water partition coefficient (Wildman–Crippen LogP) is 3.90. The quantitative estimate of drug-likeness (QED) is 0.530. The second kappa shape index (κ2) is 8.10. The molecular weight excluding hydrogens is 364 g/mol. The van der Waals surface area contributed by atoms with E-state index in [-0.39, 0.29) is 5.91 Å². The minimum absolute atomic E-state index is 0.338. The summed E-state index contributed by atoms with van der Waals surface area (Å²) in [6, 6.07) is 22.5. The minimum Gasteiger partial charge on any atom is -0.467 e. The molecule has 29 heavy (non-hydrogen) atoms. The van der Waals surface area contributed by atoms with Crippen LogP contribution in [0.3, 0.4) is 0 Å². The molecule has 0 aliphatic rings. The van der Waals surface area contributed by atoms with E-state index in [0.29, 0.717) is 12.0 Å². The van der Waals surface area contributed by atoms with Gasteiger partial charge in [0.2, 0.25) is 0 Å². The van der Waals surface area contributed by atoms with Crippen LogP contribution in [0.5, 0.6) is 0 Å². The monoisotopic (exact) mass is 384 g/mol. The second-order valence-corrected chi connectivity index (χ2v) is 6.85. The van der Waals surface area contributed by atoms with Crippen LogP contribution >= 0.6 is 0 Å². The summed E-state index contributed by atoms with van der Waals surface area (Å²) >= 11 is 0. The van der Waals surface area contributed by atoms with Crippen molar-refractivity contribution in [1.29, 1.82) is 0 Å². The smallest absolute Gasteiger partial charge is 0.328 e. The van der Waals surface area contributed by atoms with Gasteiger partial charge in [-0.15, -0.1) is 0 Å². The summed E-state index contributed by atoms with van der Waals surface area (Å²) in [6.07, 6.45) is 1.85. The lowest BCUT2D eigenvalue weighted by Crippen LogP contribution is -2.43. The molecule has 0 spiro atoms. The number of hydrogen-bond donors (Lipinski definition) is 1. The van der Waals surface area contributed by atoms with Crippen molar-refractivity contribution < 1.29 is 14.3 Å². The Morgan fingerprint density at radius 2 is 1.66 bits per heavy atom. The molecule has 0 aliphatic heterocycles. The summed E-state index contributed by atoms with van der Waals surface area (Å²) in [5.74, 6) is -0.848. The van der Waals surface area contributed by atoms with Gasteiger partial charge < -0.3 is 10.1 Å². The zero-order valence-corrected chi connectivity index (χ0v) is 16.0. The van der Waals surface area contributed by atoms with Gasteiger partial charge in [0.15, 0.2) is 0 Å². The minimum atomic E-state index is -0.792. The highest BCUT2D eigenvalue weighted by Gasteiger charge is 2.23. The molecule has 3 aromatic carbocycles. The number of benzene rings is 3. The van der Waals surface area contributed by atoms with Crippen molar-refractivity contribution in [3.8, 4) is 0 Å². The first-order valence-electron chi connectivity index (χ1n) is 9.35. The maximum atomic E-state index is 12.8. The summed E-state index contributed by atoms with van der Waals surface area (Å²) in [6.45, 7) is 0. The van der Waals surface area contributed by atoms with Crippen molar-refractivity contribution >= 4 is 33.6 Å². The van der Waals surface area contributed by atoms with Crippen LogP contribution in [0.1, 0.15) is 15.9 Å². The highest BCUT2D eigenvalue weighted by atomic mass is 16.5. The largest absolute Gasteiger partial charge is 0.467 e. The maximum absolute atomic E-state index is 12.8. The van der Waals surface area contributed by atoms with E-state index in [1.165, 1.54) is 13.3 Å². The van der Waals surface area contributed by atoms with Crippen LogP contribution < -0.4 is 5.32 Å². The van der Waals surface area contributed by atoms with Gasteiger partial charge in [-0.3, -0.25) is 9.78 Å². The number of nitrogens with one attached hydrogen (secondary N) is 1. The number of amides is 1. The van der Waals surface area contributed by atoms with Crippen molar-refractivity contribution in [1.82, 2.24) is 10.3 Å². The number of aromatic nitrogens is 1. The second-order valence-electron chi connectivity index (χ2n) is 6.85. The van der Waals surface area contributed by atoms with Crippen molar-refractivity contribution in [2.45, 2.75) is 12.5 Å². The normalized spacial score (nSPS) is 11.9. The Kier molecular flexibility index (Phi) is 5.20. The third-order valence-electron chi connectivity index (χ3n) is 4.90. The van der Waals surface area contributed by atoms with Gasteiger partial charge in [-0.1, -0.05) is 60.7 Å². The van der Waals surface area contributed by atoms with E-state index in [1.807, 2.05) is 66.7 Å². The molecule has 1 atom stereocenters. The number of carbonyl (C=O) groups excluding carboxylic acids is 2. The van der Waals surface area contributed by atoms with Gasteiger partial charge in [-0.2, -0.15) is 0 Å². The number of fused-ring (bicyclic) bond motifs is 2. The molecule has 0 fully saturated rings. The van der Waals surface area contributed by atoms with Crippen molar-refractivity contribution in [3.63, 3.8) is 0 Å². The molecule has 4 rings (SSSR count). The lowest BCUT2D eigenvalue weighted by atomic mass is 10.0. The SMILES string of the molecule is COC(=O)[C@@H](Cc1ccc2ccccc2c1)NC(=O)c1cnc2ccccc2c1. The van der Waals surface area contributed by atoms with E-state index in [4.69, 9.17) is 4.74 Å². The Hall–Kier alpha value is -3.73. The van der Waals surface area contributed by atoms with Gasteiger partial charge in [0.25, 0.3) is 5.91 Å². The molecule has 5 heteroatoms. The lowest BCUT2D eigenvalue weighted by Gasteiger charge is -2.17. The van der Waals surface area contributed by atoms with Crippen LogP contribution in [0.4, 0.5) is 0 Å². The van der Waals surface area contributed by atoms with Crippen molar-refractivity contribution in [2.24, 2.45) is 0 Å². The predicted molar refractivity (Wildman–Crippen MR) is 113 cm³/mol. The third kappa shape index (κ3) is 4.09. The Morgan fingerprint density at radius 1 is 0.931 bits per heavy atom. The van der Waals surface area contributed by atoms with Crippen LogP contribution in [-0.2, 0) is 16.0 Å². The standard InChI is InChI=1S/C24H20N2O3/c1-29-24(28)22(13-16-10-11-17-6-2-3-7-18(17)12-16)26-23(27)20-14-19-8-4-5-9-21(19)25-15-20/h2-12,14-15,22H,13H2,1H3,(H,26,27)/t22-/m1/s1. The number of esters is 1. The first-order valence-corrected chi connectivity index (χ1v) is 9.35. The summed E-state index contributed by atoms with van der Waals surface area (Å²) in [5.41, 5.74) is 2.15. The number of ether oxygens (including phenoxy) is 1. The van der Waals surface area contributed by atoms with E-state index < -0.39 is 12.0 Å². The number of rotatable bonds is 5. The van der Waals surface area contributed by atoms with Crippen molar-refractivity contribution in [3.05, 3.63) is 90.1 Å². The Balaban J connectivity index is 1.57. The average molecular weight is 384 g/mol. The van der Waals surface area contributed by atoms with E-state index in [2.05, 4.69) is 10.3 Å². The van der Waals surface area contributed by atoms with Gasteiger partial charge in [0, 0.05) is 18.0 Å². The van der Waals surface area contributed by atoms with Gasteiger partial charge in [0.1, 0.15) is 6.04 Å². The molecule has 5 nitrogen and oxygen atoms in total. The van der Waals surface area contributed by atoms with E-state index in [1.54, 1.807) is 6.07 Å². The van der Waals surface area contributed by atoms with Crippen LogP contribution in [-0.4, -0.2) is 30.0 Å². The fourth-order valence-electron chi connectivity index (χ4n) is 3.37. The number of carbonyl (C=O) groups is 2. The molecule has 1 heterocycles. The first-order chi connectivity index (χ1) is 14.1. The van der Waals surface area contributed by atoms with Crippen LogP contribution in [0.15, 0.2) is 79.0 Å². The summed E-state index contributed by atoms with van der Waals surface area (Å²) in [4.78, 5) is 29.4. The maximum Gasteiger partial charge on any atom is 0.328 e. The zero-order chi connectivity index (χ0) is 20.2. The van der Waals surface area contributed by atoms with Gasteiger partial charge in [-0.25, -0.2) is 4.79 Å². The number of para-hydroxylation sites is 1. The molecular formula is C24H20N2O3. The molecule has 0 aliphatic carbocycles. The molecule has 0 radical (unpaired) electrons. The van der Waals surface area contributed by atoms with Gasteiger partial charge in [0.05, 0.1) is 18.2 Å². The molecule has 144 valence electrons. The molecule has 0 unspecified atom stereocenters. The Labute approximate surface area is 168 Å².